The second-order valence-electron chi connectivity index (χ2n) is 3.70. The number of fused-ring (bicyclic) bond motifs is 3. The average molecular weight is 335 g/mol. The van der Waals surface area contributed by atoms with Crippen LogP contribution < -0.4 is 0 Å². The molecule has 2 aromatic carbocycles. The van der Waals surface area contributed by atoms with E-state index in [4.69, 9.17) is 9.68 Å². The average Bonchev–Trinajstić information content (AvgIpc) is 2.71. The number of benzene rings is 2. The number of hydrogen-bond donors (Lipinski definition) is 1. The molecule has 0 amide bonds. The summed E-state index contributed by atoms with van der Waals surface area (Å²) in [6, 6.07) is 10.7. The van der Waals surface area contributed by atoms with Crippen molar-refractivity contribution in [3.05, 3.63) is 39.5 Å². The van der Waals surface area contributed by atoms with Gasteiger partial charge in [-0.2, -0.15) is 5.26 Å². The number of nitriles is 1. The smallest absolute Gasteiger partial charge is 0.136 e. The second-order valence-corrected chi connectivity index (χ2v) is 4.78. The van der Waals surface area contributed by atoms with Gasteiger partial charge < -0.3 is 9.52 Å². The molecule has 0 radical (unpaired) electrons. The van der Waals surface area contributed by atoms with Crippen LogP contribution in [-0.4, -0.2) is 5.11 Å². The Balaban J connectivity index is 2.56. The first-order valence-corrected chi connectivity index (χ1v) is 6.02. The monoisotopic (exact) mass is 335 g/mol. The van der Waals surface area contributed by atoms with Crippen LogP contribution in [0.3, 0.4) is 0 Å². The van der Waals surface area contributed by atoms with E-state index >= 15 is 0 Å². The third kappa shape index (κ3) is 1.46. The molecule has 0 spiro atoms. The molecule has 0 aliphatic rings. The minimum Gasteiger partial charge on any atom is -0.507 e. The lowest BCUT2D eigenvalue weighted by Crippen LogP contribution is -1.77. The van der Waals surface area contributed by atoms with Crippen molar-refractivity contribution < 1.29 is 9.52 Å². The summed E-state index contributed by atoms with van der Waals surface area (Å²) in [5.41, 5.74) is 2.03. The van der Waals surface area contributed by atoms with Crippen LogP contribution in [0.15, 0.2) is 34.7 Å². The molecule has 1 aromatic heterocycles. The van der Waals surface area contributed by atoms with Gasteiger partial charge in [0.05, 0.1) is 15.2 Å². The Hall–Kier alpha value is -1.74. The molecule has 0 aliphatic heterocycles. The topological polar surface area (TPSA) is 57.2 Å². The van der Waals surface area contributed by atoms with Gasteiger partial charge in [-0.25, -0.2) is 0 Å². The maximum Gasteiger partial charge on any atom is 0.136 e. The molecule has 0 fully saturated rings. The highest BCUT2D eigenvalue weighted by atomic mass is 127. The van der Waals surface area contributed by atoms with E-state index in [-0.39, 0.29) is 5.75 Å². The fourth-order valence-electron chi connectivity index (χ4n) is 1.89. The summed E-state index contributed by atoms with van der Waals surface area (Å²) in [7, 11) is 0. The molecule has 0 atom stereocenters. The lowest BCUT2D eigenvalue weighted by molar-refractivity contribution is 0.472. The maximum atomic E-state index is 9.71. The number of rotatable bonds is 0. The third-order valence-electron chi connectivity index (χ3n) is 2.68. The van der Waals surface area contributed by atoms with Crippen molar-refractivity contribution in [3.63, 3.8) is 0 Å². The highest BCUT2D eigenvalue weighted by Gasteiger charge is 2.12. The molecule has 0 aliphatic carbocycles. The predicted molar refractivity (Wildman–Crippen MR) is 72.8 cm³/mol. The van der Waals surface area contributed by atoms with Crippen LogP contribution in [0.1, 0.15) is 5.56 Å². The highest BCUT2D eigenvalue weighted by Crippen LogP contribution is 2.36. The summed E-state index contributed by atoms with van der Waals surface area (Å²) < 4.78 is 6.41. The van der Waals surface area contributed by atoms with Crippen molar-refractivity contribution in [2.45, 2.75) is 0 Å². The molecule has 0 saturated heterocycles. The van der Waals surface area contributed by atoms with Gasteiger partial charge in [-0.1, -0.05) is 0 Å². The molecule has 3 aromatic rings. The molecule has 0 unspecified atom stereocenters. The van der Waals surface area contributed by atoms with Crippen molar-refractivity contribution in [2.24, 2.45) is 0 Å². The predicted octanol–water partition coefficient (Wildman–Crippen LogP) is 3.77. The summed E-state index contributed by atoms with van der Waals surface area (Å²) in [6.45, 7) is 0. The Morgan fingerprint density at radius 3 is 2.71 bits per heavy atom. The Kier molecular flexibility index (Phi) is 2.23. The van der Waals surface area contributed by atoms with Gasteiger partial charge >= 0.3 is 0 Å². The summed E-state index contributed by atoms with van der Waals surface area (Å²) in [5.74, 6) is 0.225. The maximum absolute atomic E-state index is 9.71. The van der Waals surface area contributed by atoms with Crippen LogP contribution in [-0.2, 0) is 0 Å². The van der Waals surface area contributed by atoms with E-state index in [2.05, 4.69) is 28.7 Å². The van der Waals surface area contributed by atoms with Crippen LogP contribution >= 0.6 is 22.6 Å². The molecule has 0 bridgehead atoms. The molecular weight excluding hydrogens is 329 g/mol. The molecular formula is C13H6INO2. The summed E-state index contributed by atoms with van der Waals surface area (Å²) in [4.78, 5) is 0. The first-order chi connectivity index (χ1) is 8.20. The van der Waals surface area contributed by atoms with Gasteiger partial charge in [0.25, 0.3) is 0 Å². The van der Waals surface area contributed by atoms with E-state index in [0.717, 1.165) is 25.5 Å². The Bertz CT molecular complexity index is 783. The number of nitrogens with zero attached hydrogens (tertiary/aromatic N) is 1. The van der Waals surface area contributed by atoms with E-state index in [0.29, 0.717) is 5.56 Å². The van der Waals surface area contributed by atoms with Gasteiger partial charge in [0.1, 0.15) is 16.9 Å². The molecule has 3 rings (SSSR count). The fraction of sp³-hybridized carbons (Fsp3) is 0. The zero-order chi connectivity index (χ0) is 12.0. The fourth-order valence-corrected chi connectivity index (χ4v) is 2.62. The number of phenolic OH excluding ortho intramolecular Hbond substituents is 1. The van der Waals surface area contributed by atoms with E-state index < -0.39 is 0 Å². The first kappa shape index (κ1) is 10.4. The van der Waals surface area contributed by atoms with Gasteiger partial charge in [0, 0.05) is 10.8 Å². The lowest BCUT2D eigenvalue weighted by atomic mass is 10.1. The molecule has 1 heterocycles. The van der Waals surface area contributed by atoms with E-state index in [1.807, 2.05) is 0 Å². The summed E-state index contributed by atoms with van der Waals surface area (Å²) >= 11 is 2.08. The van der Waals surface area contributed by atoms with Crippen LogP contribution in [0.5, 0.6) is 5.75 Å². The number of hydrogen-bond acceptors (Lipinski definition) is 3. The van der Waals surface area contributed by atoms with E-state index in [9.17, 15) is 5.11 Å². The van der Waals surface area contributed by atoms with E-state index in [1.54, 1.807) is 30.3 Å². The van der Waals surface area contributed by atoms with Crippen molar-refractivity contribution >= 4 is 44.5 Å². The Labute approximate surface area is 110 Å². The molecule has 4 heteroatoms. The Morgan fingerprint density at radius 1 is 1.18 bits per heavy atom. The van der Waals surface area contributed by atoms with Gasteiger partial charge in [-0.3, -0.25) is 0 Å². The summed E-state index contributed by atoms with van der Waals surface area (Å²) in [6.07, 6.45) is 0. The number of halogens is 1. The van der Waals surface area contributed by atoms with Gasteiger partial charge in [-0.15, -0.1) is 0 Å². The van der Waals surface area contributed by atoms with Crippen LogP contribution in [0.4, 0.5) is 0 Å². The Morgan fingerprint density at radius 2 is 1.94 bits per heavy atom. The van der Waals surface area contributed by atoms with Crippen LogP contribution in [0.25, 0.3) is 21.9 Å². The molecule has 0 saturated carbocycles. The molecule has 1 N–H and O–H groups in total. The highest BCUT2D eigenvalue weighted by molar-refractivity contribution is 14.1. The van der Waals surface area contributed by atoms with Crippen LogP contribution in [0.2, 0.25) is 0 Å². The third-order valence-corrected chi connectivity index (χ3v) is 3.77. The quantitative estimate of drug-likeness (QED) is 0.636. The zero-order valence-corrected chi connectivity index (χ0v) is 10.7. The van der Waals surface area contributed by atoms with Gasteiger partial charge in [-0.05, 0) is 52.9 Å². The van der Waals surface area contributed by atoms with E-state index in [1.165, 1.54) is 0 Å². The second kappa shape index (κ2) is 3.64. The SMILES string of the molecule is N#Cc1ccc2oc3ccc(O)c(I)c3c2c1. The molecule has 17 heavy (non-hydrogen) atoms. The minimum absolute atomic E-state index is 0.225. The molecule has 82 valence electrons. The summed E-state index contributed by atoms with van der Waals surface area (Å²) in [5, 5.41) is 20.3. The zero-order valence-electron chi connectivity index (χ0n) is 8.57. The standard InChI is InChI=1S/C13H6INO2/c14-13-9(16)2-4-11-12(13)8-5-7(6-15)1-3-10(8)17-11/h1-5,16H. The number of furan rings is 1. The van der Waals surface area contributed by atoms with Gasteiger partial charge in [0.15, 0.2) is 0 Å². The van der Waals surface area contributed by atoms with Crippen molar-refractivity contribution in [1.82, 2.24) is 0 Å². The largest absolute Gasteiger partial charge is 0.507 e. The van der Waals surface area contributed by atoms with Crippen molar-refractivity contribution in [1.29, 1.82) is 5.26 Å². The lowest BCUT2D eigenvalue weighted by Gasteiger charge is -1.97. The molecule has 3 nitrogen and oxygen atoms in total. The van der Waals surface area contributed by atoms with Crippen LogP contribution in [0, 0.1) is 14.9 Å². The first-order valence-electron chi connectivity index (χ1n) is 4.94. The normalized spacial score (nSPS) is 10.8. The van der Waals surface area contributed by atoms with Gasteiger partial charge in [0.2, 0.25) is 0 Å². The number of aromatic hydroxyl groups is 1. The van der Waals surface area contributed by atoms with Crippen molar-refractivity contribution in [2.75, 3.05) is 0 Å². The van der Waals surface area contributed by atoms with Crippen molar-refractivity contribution in [3.8, 4) is 11.8 Å². The minimum atomic E-state index is 0.225. The number of phenols is 1.